The van der Waals surface area contributed by atoms with E-state index in [2.05, 4.69) is 31.2 Å². The molecule has 1 heteroatoms. The van der Waals surface area contributed by atoms with Crippen molar-refractivity contribution in [2.24, 2.45) is 5.92 Å². The minimum Gasteiger partial charge on any atom is -0.216 e. The van der Waals surface area contributed by atoms with Crippen LogP contribution in [-0.4, -0.2) is 0 Å². The van der Waals surface area contributed by atoms with Gasteiger partial charge in [-0.3, -0.25) is 0 Å². The molecule has 0 aliphatic heterocycles. The van der Waals surface area contributed by atoms with Gasteiger partial charge < -0.3 is 0 Å². The summed E-state index contributed by atoms with van der Waals surface area (Å²) < 4.78 is 12.0. The molecule has 0 atom stereocenters. The van der Waals surface area contributed by atoms with Crippen molar-refractivity contribution in [2.75, 3.05) is 0 Å². The highest BCUT2D eigenvalue weighted by atomic mass is 19.1. The fraction of sp³-hybridized carbons (Fsp3) is 0.619. The number of unbranched alkanes of at least 4 members (excludes halogenated alkanes) is 2. The van der Waals surface area contributed by atoms with Crippen LogP contribution in [0, 0.1) is 5.92 Å². The molecule has 0 N–H and O–H groups in total. The zero-order valence-corrected chi connectivity index (χ0v) is 14.1. The molecular formula is C21H31F. The highest BCUT2D eigenvalue weighted by Gasteiger charge is 2.21. The smallest absolute Gasteiger partial charge is 0.0827 e. The average molecular weight is 302 g/mol. The Kier molecular flexibility index (Phi) is 7.70. The van der Waals surface area contributed by atoms with E-state index in [1.165, 1.54) is 62.5 Å². The zero-order valence-electron chi connectivity index (χ0n) is 14.1. The van der Waals surface area contributed by atoms with Crippen molar-refractivity contribution in [3.63, 3.8) is 0 Å². The first-order chi connectivity index (χ1) is 10.8. The third-order valence-electron chi connectivity index (χ3n) is 5.20. The van der Waals surface area contributed by atoms with E-state index in [0.29, 0.717) is 6.33 Å². The van der Waals surface area contributed by atoms with E-state index in [4.69, 9.17) is 0 Å². The lowest BCUT2D eigenvalue weighted by atomic mass is 9.77. The van der Waals surface area contributed by atoms with Crippen LogP contribution in [0.4, 0.5) is 4.39 Å². The summed E-state index contributed by atoms with van der Waals surface area (Å²) in [5.74, 6) is 1.55. The standard InChI is InChI=1S/C21H31F/c1-2-3-4-7-18-9-13-20(14-10-18)21-15-11-19(12-16-21)8-5-6-17-22/h6,9-10,13-14,17,19,21H,2-5,7-8,11-12,15-16H2,1H3/b17-6+. The van der Waals surface area contributed by atoms with E-state index in [0.717, 1.165) is 24.7 Å². The van der Waals surface area contributed by atoms with Gasteiger partial charge in [0.05, 0.1) is 6.33 Å². The second-order valence-electron chi connectivity index (χ2n) is 6.86. The maximum Gasteiger partial charge on any atom is 0.0827 e. The predicted molar refractivity (Wildman–Crippen MR) is 93.9 cm³/mol. The molecule has 2 rings (SSSR count). The molecule has 1 aromatic carbocycles. The first kappa shape index (κ1) is 17.2. The number of allylic oxidation sites excluding steroid dienone is 1. The molecule has 1 fully saturated rings. The molecule has 0 unspecified atom stereocenters. The van der Waals surface area contributed by atoms with Gasteiger partial charge in [-0.25, -0.2) is 4.39 Å². The van der Waals surface area contributed by atoms with Gasteiger partial charge in [0.2, 0.25) is 0 Å². The van der Waals surface area contributed by atoms with Crippen LogP contribution in [0.2, 0.25) is 0 Å². The fourth-order valence-electron chi connectivity index (χ4n) is 3.71. The van der Waals surface area contributed by atoms with Crippen molar-refractivity contribution >= 4 is 0 Å². The van der Waals surface area contributed by atoms with Crippen molar-refractivity contribution < 1.29 is 4.39 Å². The van der Waals surface area contributed by atoms with E-state index < -0.39 is 0 Å². The van der Waals surface area contributed by atoms with E-state index in [9.17, 15) is 4.39 Å². The summed E-state index contributed by atoms with van der Waals surface area (Å²) >= 11 is 0. The number of halogens is 1. The summed E-state index contributed by atoms with van der Waals surface area (Å²) in [4.78, 5) is 0. The second kappa shape index (κ2) is 9.82. The van der Waals surface area contributed by atoms with Crippen molar-refractivity contribution in [3.05, 3.63) is 47.8 Å². The highest BCUT2D eigenvalue weighted by molar-refractivity contribution is 5.25. The molecule has 22 heavy (non-hydrogen) atoms. The maximum absolute atomic E-state index is 12.0. The Morgan fingerprint density at radius 2 is 1.77 bits per heavy atom. The quantitative estimate of drug-likeness (QED) is 0.455. The van der Waals surface area contributed by atoms with Gasteiger partial charge in [-0.2, -0.15) is 0 Å². The van der Waals surface area contributed by atoms with Crippen LogP contribution in [0.1, 0.15) is 81.8 Å². The molecule has 0 aromatic heterocycles. The van der Waals surface area contributed by atoms with E-state index >= 15 is 0 Å². The van der Waals surface area contributed by atoms with Gasteiger partial charge in [0.15, 0.2) is 0 Å². The lowest BCUT2D eigenvalue weighted by Gasteiger charge is -2.28. The van der Waals surface area contributed by atoms with Crippen LogP contribution in [0.3, 0.4) is 0 Å². The summed E-state index contributed by atoms with van der Waals surface area (Å²) in [5.41, 5.74) is 3.02. The Bertz CT molecular complexity index is 424. The topological polar surface area (TPSA) is 0 Å². The first-order valence-electron chi connectivity index (χ1n) is 9.17. The van der Waals surface area contributed by atoms with E-state index in [-0.39, 0.29) is 0 Å². The average Bonchev–Trinajstić information content (AvgIpc) is 2.57. The van der Waals surface area contributed by atoms with Crippen molar-refractivity contribution in [2.45, 2.75) is 77.0 Å². The molecular weight excluding hydrogens is 271 g/mol. The number of hydrogen-bond donors (Lipinski definition) is 0. The minimum atomic E-state index is 0.688. The van der Waals surface area contributed by atoms with E-state index in [1.807, 2.05) is 0 Å². The van der Waals surface area contributed by atoms with E-state index in [1.54, 1.807) is 6.08 Å². The Morgan fingerprint density at radius 3 is 2.41 bits per heavy atom. The van der Waals surface area contributed by atoms with Gasteiger partial charge in [0.1, 0.15) is 0 Å². The Hall–Kier alpha value is -1.11. The van der Waals surface area contributed by atoms with Crippen molar-refractivity contribution in [1.82, 2.24) is 0 Å². The summed E-state index contributed by atoms with van der Waals surface area (Å²) in [7, 11) is 0. The van der Waals surface area contributed by atoms with Crippen LogP contribution in [0.15, 0.2) is 36.7 Å². The van der Waals surface area contributed by atoms with Crippen LogP contribution in [-0.2, 0) is 6.42 Å². The molecule has 0 spiro atoms. The zero-order chi connectivity index (χ0) is 15.6. The number of hydrogen-bond acceptors (Lipinski definition) is 0. The first-order valence-corrected chi connectivity index (χ1v) is 9.17. The van der Waals surface area contributed by atoms with Gasteiger partial charge in [-0.15, -0.1) is 0 Å². The highest BCUT2D eigenvalue weighted by Crippen LogP contribution is 2.37. The minimum absolute atomic E-state index is 0.688. The Labute approximate surface area is 135 Å². The molecule has 0 nitrogen and oxygen atoms in total. The lowest BCUT2D eigenvalue weighted by Crippen LogP contribution is -2.13. The van der Waals surface area contributed by atoms with Crippen LogP contribution in [0.25, 0.3) is 0 Å². The maximum atomic E-state index is 12.0. The lowest BCUT2D eigenvalue weighted by molar-refractivity contribution is 0.311. The van der Waals surface area contributed by atoms with Gasteiger partial charge in [0.25, 0.3) is 0 Å². The largest absolute Gasteiger partial charge is 0.216 e. The van der Waals surface area contributed by atoms with Crippen molar-refractivity contribution in [3.8, 4) is 0 Å². The van der Waals surface area contributed by atoms with Gasteiger partial charge in [-0.05, 0) is 74.3 Å². The van der Waals surface area contributed by atoms with Crippen molar-refractivity contribution in [1.29, 1.82) is 0 Å². The molecule has 1 aliphatic carbocycles. The fourth-order valence-corrected chi connectivity index (χ4v) is 3.71. The molecule has 1 saturated carbocycles. The normalized spacial score (nSPS) is 22.3. The third kappa shape index (κ3) is 5.59. The second-order valence-corrected chi connectivity index (χ2v) is 6.86. The number of benzene rings is 1. The number of aryl methyl sites for hydroxylation is 1. The Morgan fingerprint density at radius 1 is 1.05 bits per heavy atom. The molecule has 1 aromatic rings. The van der Waals surface area contributed by atoms with Crippen LogP contribution in [0.5, 0.6) is 0 Å². The summed E-state index contributed by atoms with van der Waals surface area (Å²) in [6.07, 6.45) is 14.8. The number of rotatable bonds is 8. The summed E-state index contributed by atoms with van der Waals surface area (Å²) in [6.45, 7) is 2.26. The Balaban J connectivity index is 1.76. The summed E-state index contributed by atoms with van der Waals surface area (Å²) in [5, 5.41) is 0. The monoisotopic (exact) mass is 302 g/mol. The molecule has 1 aliphatic rings. The predicted octanol–water partition coefficient (Wildman–Crippen LogP) is 6.96. The molecule has 122 valence electrons. The van der Waals surface area contributed by atoms with Gasteiger partial charge >= 0.3 is 0 Å². The molecule has 0 amide bonds. The van der Waals surface area contributed by atoms with Gasteiger partial charge in [0, 0.05) is 0 Å². The summed E-state index contributed by atoms with van der Waals surface area (Å²) in [6, 6.07) is 9.39. The van der Waals surface area contributed by atoms with Crippen LogP contribution < -0.4 is 0 Å². The van der Waals surface area contributed by atoms with Crippen LogP contribution >= 0.6 is 0 Å². The molecule has 0 bridgehead atoms. The van der Waals surface area contributed by atoms with Gasteiger partial charge in [-0.1, -0.05) is 50.1 Å². The molecule has 0 saturated heterocycles. The third-order valence-corrected chi connectivity index (χ3v) is 5.20. The molecule has 0 heterocycles. The SMILES string of the molecule is CCCCCc1ccc(C2CCC(CC/C=C/F)CC2)cc1. The molecule has 0 radical (unpaired) electrons.